The van der Waals surface area contributed by atoms with Crippen molar-refractivity contribution in [2.45, 2.75) is 5.92 Å². The van der Waals surface area contributed by atoms with Crippen molar-refractivity contribution >= 4 is 32.9 Å². The third kappa shape index (κ3) is 2.63. The summed E-state index contributed by atoms with van der Waals surface area (Å²) in [6.07, 6.45) is 0. The molecule has 4 aromatic carbocycles. The summed E-state index contributed by atoms with van der Waals surface area (Å²) in [6.45, 7) is 0. The Hall–Kier alpha value is -3.30. The highest BCUT2D eigenvalue weighted by Crippen LogP contribution is 2.47. The van der Waals surface area contributed by atoms with Crippen molar-refractivity contribution in [3.8, 4) is 11.5 Å². The zero-order valence-electron chi connectivity index (χ0n) is 15.0. The van der Waals surface area contributed by atoms with Gasteiger partial charge >= 0.3 is 0 Å². The fourth-order valence-electron chi connectivity index (χ4n) is 4.06. The number of hydrogen-bond acceptors (Lipinski definition) is 3. The van der Waals surface area contributed by atoms with E-state index in [-0.39, 0.29) is 17.4 Å². The van der Waals surface area contributed by atoms with Crippen LogP contribution in [0.1, 0.15) is 21.9 Å². The molecule has 0 atom stereocenters. The van der Waals surface area contributed by atoms with Gasteiger partial charge in [-0.15, -0.1) is 11.3 Å². The highest BCUT2D eigenvalue weighted by Gasteiger charge is 2.27. The van der Waals surface area contributed by atoms with Gasteiger partial charge in [0.05, 0.1) is 5.92 Å². The number of aromatic hydroxyl groups is 2. The van der Waals surface area contributed by atoms with Crippen molar-refractivity contribution in [1.82, 2.24) is 0 Å². The van der Waals surface area contributed by atoms with Crippen LogP contribution in [0.3, 0.4) is 0 Å². The van der Waals surface area contributed by atoms with E-state index in [1.165, 1.54) is 0 Å². The van der Waals surface area contributed by atoms with E-state index in [0.717, 1.165) is 37.5 Å². The summed E-state index contributed by atoms with van der Waals surface area (Å²) in [5.41, 5.74) is 1.65. The van der Waals surface area contributed by atoms with E-state index in [1.807, 2.05) is 72.1 Å². The molecule has 5 aromatic rings. The fourth-order valence-corrected chi connectivity index (χ4v) is 4.90. The highest BCUT2D eigenvalue weighted by molar-refractivity contribution is 7.10. The van der Waals surface area contributed by atoms with Crippen molar-refractivity contribution in [3.05, 3.63) is 106 Å². The first-order chi connectivity index (χ1) is 13.7. The SMILES string of the molecule is Oc1ccc2ccccc2c1C(c1cccs1)c1c(O)ccc2ccccc12. The zero-order chi connectivity index (χ0) is 19.1. The molecule has 136 valence electrons. The van der Waals surface area contributed by atoms with E-state index in [2.05, 4.69) is 6.07 Å². The fraction of sp³-hybridized carbons (Fsp3) is 0.0400. The average molecular weight is 382 g/mol. The van der Waals surface area contributed by atoms with Crippen LogP contribution < -0.4 is 0 Å². The summed E-state index contributed by atoms with van der Waals surface area (Å²) >= 11 is 1.63. The number of phenols is 2. The second kappa shape index (κ2) is 6.70. The lowest BCUT2D eigenvalue weighted by atomic mass is 9.83. The van der Waals surface area contributed by atoms with Crippen LogP contribution in [-0.4, -0.2) is 10.2 Å². The van der Waals surface area contributed by atoms with Gasteiger partial charge in [0.25, 0.3) is 0 Å². The smallest absolute Gasteiger partial charge is 0.120 e. The van der Waals surface area contributed by atoms with Crippen molar-refractivity contribution in [2.24, 2.45) is 0 Å². The molecule has 2 nitrogen and oxygen atoms in total. The van der Waals surface area contributed by atoms with Crippen molar-refractivity contribution in [2.75, 3.05) is 0 Å². The average Bonchev–Trinajstić information content (AvgIpc) is 3.26. The predicted octanol–water partition coefficient (Wildman–Crippen LogP) is 6.65. The minimum Gasteiger partial charge on any atom is -0.508 e. The molecule has 1 aromatic heterocycles. The van der Waals surface area contributed by atoms with Gasteiger partial charge in [0, 0.05) is 16.0 Å². The molecule has 5 rings (SSSR count). The normalized spacial score (nSPS) is 11.5. The van der Waals surface area contributed by atoms with E-state index in [9.17, 15) is 10.2 Å². The number of benzene rings is 4. The van der Waals surface area contributed by atoms with Gasteiger partial charge in [-0.05, 0) is 45.1 Å². The van der Waals surface area contributed by atoms with Crippen LogP contribution in [0.25, 0.3) is 21.5 Å². The maximum atomic E-state index is 10.9. The van der Waals surface area contributed by atoms with Gasteiger partial charge in [-0.3, -0.25) is 0 Å². The molecule has 0 aliphatic heterocycles. The summed E-state index contributed by atoms with van der Waals surface area (Å²) < 4.78 is 0. The quantitative estimate of drug-likeness (QED) is 0.367. The first kappa shape index (κ1) is 16.8. The maximum Gasteiger partial charge on any atom is 0.120 e. The highest BCUT2D eigenvalue weighted by atomic mass is 32.1. The second-order valence-electron chi connectivity index (χ2n) is 6.89. The van der Waals surface area contributed by atoms with Crippen LogP contribution in [0.15, 0.2) is 90.3 Å². The molecule has 0 aliphatic carbocycles. The summed E-state index contributed by atoms with van der Waals surface area (Å²) in [6, 6.07) is 27.6. The molecule has 0 radical (unpaired) electrons. The molecule has 0 fully saturated rings. The van der Waals surface area contributed by atoms with E-state index >= 15 is 0 Å². The Labute approximate surface area is 167 Å². The Morgan fingerprint density at radius 1 is 0.571 bits per heavy atom. The zero-order valence-corrected chi connectivity index (χ0v) is 15.9. The van der Waals surface area contributed by atoms with Crippen LogP contribution in [0, 0.1) is 0 Å². The number of fused-ring (bicyclic) bond motifs is 2. The van der Waals surface area contributed by atoms with Gasteiger partial charge in [0.2, 0.25) is 0 Å². The number of hydrogen-bond donors (Lipinski definition) is 2. The molecular formula is C25H18O2S. The first-order valence-corrected chi connectivity index (χ1v) is 10.1. The lowest BCUT2D eigenvalue weighted by Gasteiger charge is -2.23. The Morgan fingerprint density at radius 2 is 1.11 bits per heavy atom. The first-order valence-electron chi connectivity index (χ1n) is 9.18. The summed E-state index contributed by atoms with van der Waals surface area (Å²) in [7, 11) is 0. The minimum atomic E-state index is -0.266. The van der Waals surface area contributed by atoms with E-state index < -0.39 is 0 Å². The van der Waals surface area contributed by atoms with Gasteiger partial charge < -0.3 is 10.2 Å². The molecule has 0 saturated heterocycles. The predicted molar refractivity (Wildman–Crippen MR) is 116 cm³/mol. The van der Waals surface area contributed by atoms with Gasteiger partial charge in [-0.1, -0.05) is 66.7 Å². The third-order valence-electron chi connectivity index (χ3n) is 5.30. The van der Waals surface area contributed by atoms with Gasteiger partial charge in [-0.25, -0.2) is 0 Å². The van der Waals surface area contributed by atoms with Crippen molar-refractivity contribution < 1.29 is 10.2 Å². The Bertz CT molecular complexity index is 1200. The van der Waals surface area contributed by atoms with Crippen LogP contribution in [0.2, 0.25) is 0 Å². The molecule has 0 aliphatic rings. The second-order valence-corrected chi connectivity index (χ2v) is 7.87. The molecule has 0 amide bonds. The summed E-state index contributed by atoms with van der Waals surface area (Å²) in [5.74, 6) is 0.214. The number of phenolic OH excluding ortho intramolecular Hbond substituents is 2. The van der Waals surface area contributed by atoms with Crippen molar-refractivity contribution in [1.29, 1.82) is 0 Å². The molecule has 0 bridgehead atoms. The third-order valence-corrected chi connectivity index (χ3v) is 6.24. The Kier molecular flexibility index (Phi) is 4.03. The number of rotatable bonds is 3. The molecule has 0 unspecified atom stereocenters. The summed E-state index contributed by atoms with van der Waals surface area (Å²) in [5, 5.41) is 28.0. The molecule has 3 heteroatoms. The van der Waals surface area contributed by atoms with Crippen LogP contribution in [0.4, 0.5) is 0 Å². The van der Waals surface area contributed by atoms with Crippen LogP contribution in [0.5, 0.6) is 11.5 Å². The molecule has 1 heterocycles. The largest absolute Gasteiger partial charge is 0.508 e. The van der Waals surface area contributed by atoms with Gasteiger partial charge in [0.15, 0.2) is 0 Å². The summed E-state index contributed by atoms with van der Waals surface area (Å²) in [4.78, 5) is 1.08. The Balaban J connectivity index is 1.92. The van der Waals surface area contributed by atoms with Crippen molar-refractivity contribution in [3.63, 3.8) is 0 Å². The van der Waals surface area contributed by atoms with Gasteiger partial charge in [0.1, 0.15) is 11.5 Å². The standard InChI is InChI=1S/C25H18O2S/c26-20-13-11-16-6-1-3-8-18(16)23(20)25(22-10-5-15-28-22)24-19-9-4-2-7-17(19)12-14-21(24)27/h1-15,25-27H. The molecular weight excluding hydrogens is 364 g/mol. The molecule has 0 saturated carbocycles. The van der Waals surface area contributed by atoms with Crippen LogP contribution in [-0.2, 0) is 0 Å². The topological polar surface area (TPSA) is 40.5 Å². The van der Waals surface area contributed by atoms with Gasteiger partial charge in [-0.2, -0.15) is 0 Å². The molecule has 0 spiro atoms. The Morgan fingerprint density at radius 3 is 1.61 bits per heavy atom. The lowest BCUT2D eigenvalue weighted by Crippen LogP contribution is -2.04. The van der Waals surface area contributed by atoms with E-state index in [4.69, 9.17) is 0 Å². The minimum absolute atomic E-state index is 0.240. The lowest BCUT2D eigenvalue weighted by molar-refractivity contribution is 0.461. The maximum absolute atomic E-state index is 10.9. The van der Waals surface area contributed by atoms with E-state index in [0.29, 0.717) is 0 Å². The monoisotopic (exact) mass is 382 g/mol. The molecule has 2 N–H and O–H groups in total. The number of thiophene rings is 1. The molecule has 28 heavy (non-hydrogen) atoms. The van der Waals surface area contributed by atoms with E-state index in [1.54, 1.807) is 23.5 Å². The van der Waals surface area contributed by atoms with Crippen LogP contribution >= 0.6 is 11.3 Å².